The molecule has 1 aliphatic heterocycles. The molecule has 2 nitrogen and oxygen atoms in total. The Morgan fingerprint density at radius 3 is 1.46 bits per heavy atom. The first-order valence-corrected chi connectivity index (χ1v) is 21.2. The van der Waals surface area contributed by atoms with Crippen LogP contribution in [0.4, 0.5) is 0 Å². The normalized spacial score (nSPS) is 14.5. The molecule has 0 bridgehead atoms. The highest BCUT2D eigenvalue weighted by molar-refractivity contribution is 7.86. The van der Waals surface area contributed by atoms with Crippen LogP contribution < -0.4 is 15.9 Å². The highest BCUT2D eigenvalue weighted by atomic mass is 31.2. The van der Waals surface area contributed by atoms with E-state index >= 15 is 4.57 Å². The second-order valence-corrected chi connectivity index (χ2v) is 17.5. The van der Waals surface area contributed by atoms with E-state index < -0.39 is 7.14 Å². The maximum absolute atomic E-state index is 15.9. The minimum Gasteiger partial charge on any atom is -0.309 e. The second-order valence-electron chi connectivity index (χ2n) is 14.8. The Morgan fingerprint density at radius 1 is 0.351 bits per heavy atom. The highest BCUT2D eigenvalue weighted by Gasteiger charge is 2.42. The van der Waals surface area contributed by atoms with E-state index in [-0.39, 0.29) is 0 Å². The third-order valence-electron chi connectivity index (χ3n) is 11.6. The molecule has 0 aliphatic carbocycles. The molecule has 57 heavy (non-hydrogen) atoms. The molecular weight excluding hydrogens is 710 g/mol. The molecule has 2 heterocycles. The van der Waals surface area contributed by atoms with E-state index in [9.17, 15) is 0 Å². The van der Waals surface area contributed by atoms with E-state index in [2.05, 4.69) is 187 Å². The van der Waals surface area contributed by atoms with Gasteiger partial charge >= 0.3 is 0 Å². The zero-order valence-corrected chi connectivity index (χ0v) is 32.0. The van der Waals surface area contributed by atoms with Gasteiger partial charge in [-0.05, 0) is 92.0 Å². The lowest BCUT2D eigenvalue weighted by Gasteiger charge is -2.19. The van der Waals surface area contributed by atoms with Crippen LogP contribution in [-0.2, 0) is 4.57 Å². The van der Waals surface area contributed by atoms with Gasteiger partial charge in [-0.15, -0.1) is 0 Å². The monoisotopic (exact) mass is 745 g/mol. The zero-order chi connectivity index (χ0) is 37.9. The smallest absolute Gasteiger partial charge is 0.174 e. The fraction of sp³-hybridized carbons (Fsp3) is 0. The van der Waals surface area contributed by atoms with Crippen LogP contribution in [0.3, 0.4) is 0 Å². The first-order chi connectivity index (χ1) is 28.1. The van der Waals surface area contributed by atoms with Gasteiger partial charge in [-0.25, -0.2) is 0 Å². The van der Waals surface area contributed by atoms with Crippen molar-refractivity contribution >= 4 is 44.9 Å². The molecule has 10 aromatic rings. The van der Waals surface area contributed by atoms with Crippen LogP contribution in [0.15, 0.2) is 218 Å². The number of para-hydroxylation sites is 1. The van der Waals surface area contributed by atoms with Gasteiger partial charge in [0.1, 0.15) is 0 Å². The van der Waals surface area contributed by atoms with Crippen LogP contribution in [0.2, 0.25) is 0 Å². The lowest BCUT2D eigenvalue weighted by Crippen LogP contribution is -2.22. The minimum absolute atomic E-state index is 0.861. The standard InChI is InChI=1S/C54H36NOP/c56-57(46-18-8-3-9-19-46)52-23-13-11-21-48(52)50-33-32-49-47-20-10-12-22-51(47)55(53(49)54(50)57)45-30-28-41(29-31-45)44-35-42(38-16-6-2-7-17-38)34-43(36-44)40-26-24-39(25-27-40)37-14-4-1-5-15-37/h1-36H. The molecule has 0 fully saturated rings. The van der Waals surface area contributed by atoms with Crippen molar-refractivity contribution in [3.05, 3.63) is 218 Å². The van der Waals surface area contributed by atoms with Crippen LogP contribution in [0.5, 0.6) is 0 Å². The predicted molar refractivity (Wildman–Crippen MR) is 241 cm³/mol. The molecule has 268 valence electrons. The third kappa shape index (κ3) is 5.37. The number of nitrogens with zero attached hydrogens (tertiary/aromatic N) is 1. The number of hydrogen-bond acceptors (Lipinski definition) is 1. The van der Waals surface area contributed by atoms with Crippen LogP contribution in [0, 0.1) is 0 Å². The maximum Gasteiger partial charge on any atom is 0.174 e. The summed E-state index contributed by atoms with van der Waals surface area (Å²) in [5, 5.41) is 4.95. The number of hydrogen-bond donors (Lipinski definition) is 0. The van der Waals surface area contributed by atoms with Gasteiger partial charge in [-0.1, -0.05) is 182 Å². The fourth-order valence-corrected chi connectivity index (χ4v) is 12.1. The second kappa shape index (κ2) is 13.3. The fourth-order valence-electron chi connectivity index (χ4n) is 8.89. The van der Waals surface area contributed by atoms with E-state index in [0.29, 0.717) is 0 Å². The van der Waals surface area contributed by atoms with Gasteiger partial charge < -0.3 is 9.13 Å². The van der Waals surface area contributed by atoms with Crippen molar-refractivity contribution in [3.63, 3.8) is 0 Å². The van der Waals surface area contributed by atoms with Gasteiger partial charge in [-0.2, -0.15) is 0 Å². The van der Waals surface area contributed by atoms with Gasteiger partial charge in [0.25, 0.3) is 0 Å². The van der Waals surface area contributed by atoms with Crippen LogP contribution in [0.1, 0.15) is 0 Å². The van der Waals surface area contributed by atoms with E-state index in [4.69, 9.17) is 0 Å². The molecule has 1 aromatic heterocycles. The highest BCUT2D eigenvalue weighted by Crippen LogP contribution is 2.55. The molecule has 0 spiro atoms. The van der Waals surface area contributed by atoms with Crippen LogP contribution >= 0.6 is 7.14 Å². The van der Waals surface area contributed by atoms with E-state index in [1.807, 2.05) is 36.4 Å². The van der Waals surface area contributed by atoms with E-state index in [0.717, 1.165) is 65.7 Å². The summed E-state index contributed by atoms with van der Waals surface area (Å²) in [7, 11) is -3.22. The average molecular weight is 746 g/mol. The molecule has 1 aliphatic rings. The summed E-state index contributed by atoms with van der Waals surface area (Å²) in [6.45, 7) is 0. The number of fused-ring (bicyclic) bond motifs is 7. The summed E-state index contributed by atoms with van der Waals surface area (Å²) in [5.74, 6) is 0. The summed E-state index contributed by atoms with van der Waals surface area (Å²) in [4.78, 5) is 0. The van der Waals surface area contributed by atoms with E-state index in [1.165, 1.54) is 33.4 Å². The first-order valence-electron chi connectivity index (χ1n) is 19.4. The quantitative estimate of drug-likeness (QED) is 0.155. The maximum atomic E-state index is 15.9. The van der Waals surface area contributed by atoms with Crippen molar-refractivity contribution in [1.82, 2.24) is 4.57 Å². The molecule has 11 rings (SSSR count). The molecule has 1 unspecified atom stereocenters. The Kier molecular flexibility index (Phi) is 7.81. The summed E-state index contributed by atoms with van der Waals surface area (Å²) >= 11 is 0. The Labute approximate surface area is 332 Å². The van der Waals surface area contributed by atoms with Crippen molar-refractivity contribution in [1.29, 1.82) is 0 Å². The summed E-state index contributed by atoms with van der Waals surface area (Å²) < 4.78 is 18.3. The van der Waals surface area contributed by atoms with Gasteiger partial charge in [0.15, 0.2) is 7.14 Å². The molecule has 0 radical (unpaired) electrons. The van der Waals surface area contributed by atoms with Crippen molar-refractivity contribution in [2.24, 2.45) is 0 Å². The number of aromatic nitrogens is 1. The predicted octanol–water partition coefficient (Wildman–Crippen LogP) is 13.1. The Bertz CT molecular complexity index is 3170. The summed E-state index contributed by atoms with van der Waals surface area (Å²) in [6, 6.07) is 77.1. The van der Waals surface area contributed by atoms with Crippen molar-refractivity contribution in [3.8, 4) is 61.3 Å². The molecule has 0 saturated carbocycles. The molecule has 0 N–H and O–H groups in total. The molecule has 3 heteroatoms. The van der Waals surface area contributed by atoms with Crippen molar-refractivity contribution < 1.29 is 4.57 Å². The zero-order valence-electron chi connectivity index (χ0n) is 31.1. The van der Waals surface area contributed by atoms with Gasteiger partial charge in [0.05, 0.1) is 16.3 Å². The van der Waals surface area contributed by atoms with Crippen LogP contribution in [-0.4, -0.2) is 4.57 Å². The Balaban J connectivity index is 1.08. The Morgan fingerprint density at radius 2 is 0.825 bits per heavy atom. The first kappa shape index (κ1) is 33.4. The molecule has 0 saturated heterocycles. The van der Waals surface area contributed by atoms with Crippen molar-refractivity contribution in [2.45, 2.75) is 0 Å². The van der Waals surface area contributed by atoms with Gasteiger partial charge in [0, 0.05) is 27.1 Å². The average Bonchev–Trinajstić information content (AvgIpc) is 3.77. The SMILES string of the molecule is O=P1(c2ccccc2)c2ccccc2-c2ccc3c4ccccc4n(-c4ccc(-c5cc(-c6ccccc6)cc(-c6ccc(-c7ccccc7)cc6)c5)cc4)c3c21. The lowest BCUT2D eigenvalue weighted by atomic mass is 9.92. The summed E-state index contributed by atoms with van der Waals surface area (Å²) in [6.07, 6.45) is 0. The largest absolute Gasteiger partial charge is 0.309 e. The Hall–Kier alpha value is -6.99. The molecule has 9 aromatic carbocycles. The number of benzene rings is 9. The lowest BCUT2D eigenvalue weighted by molar-refractivity contribution is 0.593. The van der Waals surface area contributed by atoms with Gasteiger partial charge in [0.2, 0.25) is 0 Å². The molecule has 0 amide bonds. The third-order valence-corrected chi connectivity index (χ3v) is 14.8. The van der Waals surface area contributed by atoms with E-state index in [1.54, 1.807) is 0 Å². The van der Waals surface area contributed by atoms with Crippen molar-refractivity contribution in [2.75, 3.05) is 0 Å². The number of rotatable bonds is 6. The minimum atomic E-state index is -3.22. The molecular formula is C54H36NOP. The van der Waals surface area contributed by atoms with Gasteiger partial charge in [-0.3, -0.25) is 0 Å². The molecule has 1 atom stereocenters. The van der Waals surface area contributed by atoms with Crippen LogP contribution in [0.25, 0.3) is 83.1 Å². The summed E-state index contributed by atoms with van der Waals surface area (Å²) in [5.41, 5.74) is 14.6. The topological polar surface area (TPSA) is 22.0 Å².